The molecule has 14 heavy (non-hydrogen) atoms. The van der Waals surface area contributed by atoms with E-state index in [0.717, 1.165) is 32.5 Å². The van der Waals surface area contributed by atoms with Crippen LogP contribution in [0.3, 0.4) is 0 Å². The fraction of sp³-hybridized carbons (Fsp3) is 0.700. The van der Waals surface area contributed by atoms with E-state index in [9.17, 15) is 5.11 Å². The quantitative estimate of drug-likeness (QED) is 0.766. The Balaban J connectivity index is 2.06. The molecule has 4 nitrogen and oxygen atoms in total. The van der Waals surface area contributed by atoms with Crippen molar-refractivity contribution >= 4 is 0 Å². The van der Waals surface area contributed by atoms with Gasteiger partial charge >= 0.3 is 0 Å². The van der Waals surface area contributed by atoms with E-state index < -0.39 is 5.60 Å². The predicted octanol–water partition coefficient (Wildman–Crippen LogP) is 0.978. The molecule has 1 aliphatic rings. The molecule has 4 heteroatoms. The Bertz CT molecular complexity index is 276. The van der Waals surface area contributed by atoms with Gasteiger partial charge < -0.3 is 14.4 Å². The van der Waals surface area contributed by atoms with Crippen molar-refractivity contribution in [1.29, 1.82) is 0 Å². The van der Waals surface area contributed by atoms with Crippen LogP contribution in [0.5, 0.6) is 0 Å². The van der Waals surface area contributed by atoms with E-state index in [1.165, 1.54) is 6.39 Å². The first-order valence-corrected chi connectivity index (χ1v) is 5.08. The predicted molar refractivity (Wildman–Crippen MR) is 51.7 cm³/mol. The number of hydrogen-bond donors (Lipinski definition) is 1. The summed E-state index contributed by atoms with van der Waals surface area (Å²) >= 11 is 0. The number of piperidine rings is 1. The third-order valence-corrected chi connectivity index (χ3v) is 3.02. The van der Waals surface area contributed by atoms with E-state index >= 15 is 0 Å². The van der Waals surface area contributed by atoms with Crippen molar-refractivity contribution in [3.8, 4) is 0 Å². The van der Waals surface area contributed by atoms with Crippen LogP contribution in [0, 0.1) is 0 Å². The summed E-state index contributed by atoms with van der Waals surface area (Å²) in [6.45, 7) is 5.03. The molecule has 2 rings (SSSR count). The highest BCUT2D eigenvalue weighted by Crippen LogP contribution is 2.32. The van der Waals surface area contributed by atoms with Crippen LogP contribution in [0.4, 0.5) is 0 Å². The number of aromatic nitrogens is 1. The Hall–Kier alpha value is -0.870. The Morgan fingerprint density at radius 2 is 2.29 bits per heavy atom. The highest BCUT2D eigenvalue weighted by Gasteiger charge is 2.36. The van der Waals surface area contributed by atoms with Crippen LogP contribution < -0.4 is 0 Å². The molecule has 0 aliphatic carbocycles. The largest absolute Gasteiger partial charge is 0.445 e. The van der Waals surface area contributed by atoms with Crippen molar-refractivity contribution in [3.63, 3.8) is 0 Å². The van der Waals surface area contributed by atoms with Crippen LogP contribution in [0.25, 0.3) is 0 Å². The van der Waals surface area contributed by atoms with Crippen LogP contribution in [0.15, 0.2) is 17.0 Å². The maximum atomic E-state index is 10.3. The Morgan fingerprint density at radius 3 is 2.79 bits per heavy atom. The van der Waals surface area contributed by atoms with E-state index in [1.54, 1.807) is 6.20 Å². The fourth-order valence-corrected chi connectivity index (χ4v) is 1.93. The summed E-state index contributed by atoms with van der Waals surface area (Å²) in [5.74, 6) is 0.605. The van der Waals surface area contributed by atoms with Crippen LogP contribution >= 0.6 is 0 Å². The van der Waals surface area contributed by atoms with E-state index in [0.29, 0.717) is 5.76 Å². The van der Waals surface area contributed by atoms with Crippen LogP contribution in [0.2, 0.25) is 0 Å². The van der Waals surface area contributed by atoms with Gasteiger partial charge in [-0.3, -0.25) is 0 Å². The first-order chi connectivity index (χ1) is 6.74. The number of nitrogens with zero attached hydrogens (tertiary/aromatic N) is 2. The molecule has 1 N–H and O–H groups in total. The molecule has 78 valence electrons. The first-order valence-electron chi connectivity index (χ1n) is 5.08. The van der Waals surface area contributed by atoms with Crippen LogP contribution in [-0.4, -0.2) is 34.6 Å². The van der Waals surface area contributed by atoms with Crippen molar-refractivity contribution in [1.82, 2.24) is 9.88 Å². The van der Waals surface area contributed by atoms with Gasteiger partial charge in [0, 0.05) is 13.1 Å². The first kappa shape index (κ1) is 9.68. The number of hydrogen-bond acceptors (Lipinski definition) is 4. The molecular formula is C10H16N2O2. The third-order valence-electron chi connectivity index (χ3n) is 3.02. The van der Waals surface area contributed by atoms with E-state index in [1.807, 2.05) is 0 Å². The lowest BCUT2D eigenvalue weighted by atomic mass is 9.89. The number of rotatable bonds is 2. The average molecular weight is 196 g/mol. The molecule has 1 aliphatic heterocycles. The fourth-order valence-electron chi connectivity index (χ4n) is 1.93. The van der Waals surface area contributed by atoms with Crippen molar-refractivity contribution in [3.05, 3.63) is 18.4 Å². The summed E-state index contributed by atoms with van der Waals surface area (Å²) in [5, 5.41) is 10.3. The molecule has 0 spiro atoms. The minimum absolute atomic E-state index is 0.605. The van der Waals surface area contributed by atoms with Crippen molar-refractivity contribution in [2.45, 2.75) is 25.4 Å². The van der Waals surface area contributed by atoms with Gasteiger partial charge in [-0.2, -0.15) is 0 Å². The molecule has 0 atom stereocenters. The molecular weight excluding hydrogens is 180 g/mol. The molecule has 0 aromatic carbocycles. The lowest BCUT2D eigenvalue weighted by Gasteiger charge is -2.36. The Labute approximate surface area is 83.5 Å². The second kappa shape index (κ2) is 3.71. The smallest absolute Gasteiger partial charge is 0.181 e. The highest BCUT2D eigenvalue weighted by molar-refractivity contribution is 5.05. The number of oxazole rings is 1. The van der Waals surface area contributed by atoms with E-state index in [-0.39, 0.29) is 0 Å². The van der Waals surface area contributed by atoms with Crippen LogP contribution in [0.1, 0.15) is 25.5 Å². The molecule has 0 saturated carbocycles. The van der Waals surface area contributed by atoms with Gasteiger partial charge in [0.2, 0.25) is 0 Å². The van der Waals surface area contributed by atoms with Crippen molar-refractivity contribution in [2.75, 3.05) is 19.6 Å². The SMILES string of the molecule is CCN1CCC(O)(c2cnco2)CC1. The van der Waals surface area contributed by atoms with Gasteiger partial charge in [-0.1, -0.05) is 6.92 Å². The zero-order valence-corrected chi connectivity index (χ0v) is 8.44. The maximum absolute atomic E-state index is 10.3. The molecule has 1 aromatic rings. The summed E-state index contributed by atoms with van der Waals surface area (Å²) in [4.78, 5) is 6.17. The Morgan fingerprint density at radius 1 is 1.57 bits per heavy atom. The second-order valence-electron chi connectivity index (χ2n) is 3.83. The third kappa shape index (κ3) is 1.67. The molecule has 0 amide bonds. The number of aliphatic hydroxyl groups is 1. The summed E-state index contributed by atoms with van der Waals surface area (Å²) < 4.78 is 5.17. The molecule has 1 aromatic heterocycles. The zero-order valence-electron chi connectivity index (χ0n) is 8.44. The second-order valence-corrected chi connectivity index (χ2v) is 3.83. The number of likely N-dealkylation sites (tertiary alicyclic amines) is 1. The average Bonchev–Trinajstić information content (AvgIpc) is 2.72. The summed E-state index contributed by atoms with van der Waals surface area (Å²) in [5.41, 5.74) is -0.790. The summed E-state index contributed by atoms with van der Waals surface area (Å²) in [7, 11) is 0. The van der Waals surface area contributed by atoms with Crippen LogP contribution in [-0.2, 0) is 5.60 Å². The van der Waals surface area contributed by atoms with Crippen molar-refractivity contribution < 1.29 is 9.52 Å². The summed E-state index contributed by atoms with van der Waals surface area (Å²) in [6, 6.07) is 0. The minimum atomic E-state index is -0.790. The van der Waals surface area contributed by atoms with Gasteiger partial charge in [0.1, 0.15) is 5.60 Å². The van der Waals surface area contributed by atoms with Gasteiger partial charge in [0.05, 0.1) is 6.20 Å². The monoisotopic (exact) mass is 196 g/mol. The minimum Gasteiger partial charge on any atom is -0.445 e. The standard InChI is InChI=1S/C10H16N2O2/c1-2-12-5-3-10(13,4-6-12)9-7-11-8-14-9/h7-8,13H,2-6H2,1H3. The Kier molecular flexibility index (Phi) is 2.56. The van der Waals surface area contributed by atoms with E-state index in [4.69, 9.17) is 4.42 Å². The van der Waals surface area contributed by atoms with E-state index in [2.05, 4.69) is 16.8 Å². The van der Waals surface area contributed by atoms with Crippen molar-refractivity contribution in [2.24, 2.45) is 0 Å². The zero-order chi connectivity index (χ0) is 10.0. The maximum Gasteiger partial charge on any atom is 0.181 e. The molecule has 1 saturated heterocycles. The summed E-state index contributed by atoms with van der Waals surface area (Å²) in [6.07, 6.45) is 4.45. The van der Waals surface area contributed by atoms with Gasteiger partial charge in [0.25, 0.3) is 0 Å². The molecule has 2 heterocycles. The van der Waals surface area contributed by atoms with Gasteiger partial charge in [-0.25, -0.2) is 4.98 Å². The molecule has 0 unspecified atom stereocenters. The molecule has 0 bridgehead atoms. The highest BCUT2D eigenvalue weighted by atomic mass is 16.4. The lowest BCUT2D eigenvalue weighted by molar-refractivity contribution is -0.0409. The van der Waals surface area contributed by atoms with Gasteiger partial charge in [-0.05, 0) is 19.4 Å². The van der Waals surface area contributed by atoms with Gasteiger partial charge in [0.15, 0.2) is 12.2 Å². The molecule has 1 fully saturated rings. The topological polar surface area (TPSA) is 49.5 Å². The lowest BCUT2D eigenvalue weighted by Crippen LogP contribution is -2.42. The molecule has 0 radical (unpaired) electrons. The van der Waals surface area contributed by atoms with Gasteiger partial charge in [-0.15, -0.1) is 0 Å². The normalized spacial score (nSPS) is 22.4.